The van der Waals surface area contributed by atoms with E-state index in [1.165, 1.54) is 9.12 Å². The third kappa shape index (κ3) is 2.91. The number of aliphatic hydroxyl groups excluding tert-OH is 1. The van der Waals surface area contributed by atoms with E-state index in [-0.39, 0.29) is 6.10 Å². The smallest absolute Gasteiger partial charge is 0.0618 e. The van der Waals surface area contributed by atoms with Gasteiger partial charge in [-0.25, -0.2) is 4.40 Å². The Morgan fingerprint density at radius 3 is 3.00 bits per heavy atom. The first kappa shape index (κ1) is 9.80. The maximum Gasteiger partial charge on any atom is 0.0618 e. The SMILES string of the molecule is C[C@@H]1CC/C(=N\SI)C[C@H]1O. The van der Waals surface area contributed by atoms with Crippen molar-refractivity contribution in [3.05, 3.63) is 0 Å². The lowest BCUT2D eigenvalue weighted by Gasteiger charge is -2.24. The first-order valence-electron chi connectivity index (χ1n) is 3.75. The monoisotopic (exact) mass is 285 g/mol. The van der Waals surface area contributed by atoms with Gasteiger partial charge in [0, 0.05) is 42.5 Å². The van der Waals surface area contributed by atoms with E-state index in [0.717, 1.165) is 25.0 Å². The molecule has 2 nitrogen and oxygen atoms in total. The molecule has 2 atom stereocenters. The van der Waals surface area contributed by atoms with Crippen molar-refractivity contribution >= 4 is 36.0 Å². The zero-order valence-corrected chi connectivity index (χ0v) is 9.43. The number of hydrogen-bond donors (Lipinski definition) is 1. The molecule has 0 radical (unpaired) electrons. The highest BCUT2D eigenvalue weighted by Gasteiger charge is 2.22. The fourth-order valence-electron chi connectivity index (χ4n) is 1.26. The minimum absolute atomic E-state index is 0.161. The Labute approximate surface area is 83.6 Å². The summed E-state index contributed by atoms with van der Waals surface area (Å²) in [7, 11) is 1.46. The molecule has 0 aliphatic heterocycles. The molecule has 11 heavy (non-hydrogen) atoms. The van der Waals surface area contributed by atoms with E-state index in [0.29, 0.717) is 5.92 Å². The van der Waals surface area contributed by atoms with Gasteiger partial charge in [0.1, 0.15) is 0 Å². The van der Waals surface area contributed by atoms with Gasteiger partial charge in [-0.3, -0.25) is 0 Å². The molecule has 0 aromatic heterocycles. The summed E-state index contributed by atoms with van der Waals surface area (Å²) in [5.74, 6) is 0.452. The van der Waals surface area contributed by atoms with E-state index in [1.54, 1.807) is 0 Å². The summed E-state index contributed by atoms with van der Waals surface area (Å²) < 4.78 is 4.23. The minimum atomic E-state index is -0.161. The zero-order chi connectivity index (χ0) is 8.27. The summed E-state index contributed by atoms with van der Waals surface area (Å²) in [4.78, 5) is 0. The van der Waals surface area contributed by atoms with Gasteiger partial charge in [0.2, 0.25) is 0 Å². The molecule has 1 fully saturated rings. The van der Waals surface area contributed by atoms with E-state index in [1.807, 2.05) is 0 Å². The Hall–Kier alpha value is 0.710. The highest BCUT2D eigenvalue weighted by atomic mass is 127. The van der Waals surface area contributed by atoms with Gasteiger partial charge in [0.15, 0.2) is 0 Å². The summed E-state index contributed by atoms with van der Waals surface area (Å²) in [6.45, 7) is 2.10. The second-order valence-corrected chi connectivity index (χ2v) is 4.52. The molecule has 0 saturated heterocycles. The van der Waals surface area contributed by atoms with E-state index < -0.39 is 0 Å². The summed E-state index contributed by atoms with van der Waals surface area (Å²) in [5, 5.41) is 9.48. The standard InChI is InChI=1S/C7H12INOS/c1-5-2-3-6(9-11-8)4-7(5)10/h5,7,10H,2-4H2,1H3/b9-6+/t5-,7-/m1/s1. The van der Waals surface area contributed by atoms with Gasteiger partial charge < -0.3 is 5.11 Å². The maximum atomic E-state index is 9.48. The lowest BCUT2D eigenvalue weighted by molar-refractivity contribution is 0.111. The Morgan fingerprint density at radius 1 is 1.73 bits per heavy atom. The molecule has 0 heterocycles. The molecule has 4 heteroatoms. The lowest BCUT2D eigenvalue weighted by Crippen LogP contribution is -2.27. The Bertz CT molecular complexity index is 163. The first-order chi connectivity index (χ1) is 5.24. The molecular formula is C7H12INOS. The van der Waals surface area contributed by atoms with Crippen molar-refractivity contribution in [2.24, 2.45) is 10.3 Å². The average molecular weight is 285 g/mol. The van der Waals surface area contributed by atoms with Gasteiger partial charge >= 0.3 is 0 Å². The van der Waals surface area contributed by atoms with Crippen molar-refractivity contribution < 1.29 is 5.11 Å². The van der Waals surface area contributed by atoms with E-state index in [9.17, 15) is 5.11 Å². The van der Waals surface area contributed by atoms with Crippen LogP contribution in [0.25, 0.3) is 0 Å². The van der Waals surface area contributed by atoms with Crippen molar-refractivity contribution in [2.45, 2.75) is 32.3 Å². The van der Waals surface area contributed by atoms with Crippen LogP contribution in [0.1, 0.15) is 26.2 Å². The first-order valence-corrected chi connectivity index (χ1v) is 7.07. The second kappa shape index (κ2) is 4.67. The molecule has 1 rings (SSSR count). The van der Waals surface area contributed by atoms with Crippen LogP contribution in [0.5, 0.6) is 0 Å². The van der Waals surface area contributed by atoms with Gasteiger partial charge in [0.05, 0.1) is 6.10 Å². The summed E-state index contributed by atoms with van der Waals surface area (Å²) in [6, 6.07) is 0. The molecule has 0 amide bonds. The van der Waals surface area contributed by atoms with Gasteiger partial charge in [-0.15, -0.1) is 0 Å². The average Bonchev–Trinajstić information content (AvgIpc) is 1.98. The van der Waals surface area contributed by atoms with Gasteiger partial charge in [-0.2, -0.15) is 0 Å². The van der Waals surface area contributed by atoms with Crippen LogP contribution in [0.2, 0.25) is 0 Å². The fourth-order valence-corrected chi connectivity index (χ4v) is 2.36. The van der Waals surface area contributed by atoms with E-state index in [2.05, 4.69) is 32.5 Å². The van der Waals surface area contributed by atoms with Crippen molar-refractivity contribution in [3.63, 3.8) is 0 Å². The van der Waals surface area contributed by atoms with Crippen LogP contribution in [0.4, 0.5) is 0 Å². The van der Waals surface area contributed by atoms with Crippen LogP contribution in [0, 0.1) is 5.92 Å². The second-order valence-electron chi connectivity index (χ2n) is 3.01. The van der Waals surface area contributed by atoms with Crippen LogP contribution in [0.3, 0.4) is 0 Å². The topological polar surface area (TPSA) is 32.6 Å². The molecule has 0 unspecified atom stereocenters. The largest absolute Gasteiger partial charge is 0.392 e. The molecular weight excluding hydrogens is 273 g/mol. The number of rotatable bonds is 1. The van der Waals surface area contributed by atoms with Crippen LogP contribution in [0.15, 0.2) is 4.40 Å². The van der Waals surface area contributed by atoms with Crippen molar-refractivity contribution in [1.82, 2.24) is 0 Å². The van der Waals surface area contributed by atoms with Crippen LogP contribution >= 0.6 is 30.3 Å². The molecule has 64 valence electrons. The van der Waals surface area contributed by atoms with Crippen molar-refractivity contribution in [1.29, 1.82) is 0 Å². The minimum Gasteiger partial charge on any atom is -0.392 e. The van der Waals surface area contributed by atoms with Gasteiger partial charge in [-0.1, -0.05) is 6.92 Å². The molecule has 1 aliphatic carbocycles. The highest BCUT2D eigenvalue weighted by Crippen LogP contribution is 2.25. The molecule has 0 bridgehead atoms. The maximum absolute atomic E-state index is 9.48. The lowest BCUT2D eigenvalue weighted by atomic mass is 9.87. The number of halogens is 1. The van der Waals surface area contributed by atoms with E-state index in [4.69, 9.17) is 0 Å². The van der Waals surface area contributed by atoms with Crippen LogP contribution in [-0.4, -0.2) is 16.9 Å². The highest BCUT2D eigenvalue weighted by molar-refractivity contribution is 14.2. The van der Waals surface area contributed by atoms with Gasteiger partial charge in [0.25, 0.3) is 0 Å². The third-order valence-corrected chi connectivity index (χ3v) is 3.07. The Balaban J connectivity index is 2.46. The summed E-state index contributed by atoms with van der Waals surface area (Å²) in [5.41, 5.74) is 1.16. The quantitative estimate of drug-likeness (QED) is 0.593. The van der Waals surface area contributed by atoms with E-state index >= 15 is 0 Å². The van der Waals surface area contributed by atoms with Crippen LogP contribution in [-0.2, 0) is 0 Å². The Morgan fingerprint density at radius 2 is 2.45 bits per heavy atom. The normalized spacial score (nSPS) is 36.1. The molecule has 0 spiro atoms. The molecule has 1 N–H and O–H groups in total. The van der Waals surface area contributed by atoms with Gasteiger partial charge in [-0.05, 0) is 18.8 Å². The predicted molar refractivity (Wildman–Crippen MR) is 58.1 cm³/mol. The van der Waals surface area contributed by atoms with Crippen LogP contribution < -0.4 is 0 Å². The number of aliphatic hydroxyl groups is 1. The zero-order valence-electron chi connectivity index (χ0n) is 6.46. The van der Waals surface area contributed by atoms with Crippen molar-refractivity contribution in [2.75, 3.05) is 0 Å². The molecule has 1 saturated carbocycles. The number of nitrogens with zero attached hydrogens (tertiary/aromatic N) is 1. The summed E-state index contributed by atoms with van der Waals surface area (Å²) in [6.07, 6.45) is 2.76. The Kier molecular flexibility index (Phi) is 4.16. The third-order valence-electron chi connectivity index (χ3n) is 2.15. The molecule has 0 aromatic carbocycles. The predicted octanol–water partition coefficient (Wildman–Crippen LogP) is 2.61. The fraction of sp³-hybridized carbons (Fsp3) is 0.857. The number of hydrogen-bond acceptors (Lipinski definition) is 3. The molecule has 0 aromatic rings. The van der Waals surface area contributed by atoms with Crippen molar-refractivity contribution in [3.8, 4) is 0 Å². The molecule has 1 aliphatic rings. The summed E-state index contributed by atoms with van der Waals surface area (Å²) >= 11 is 2.15.